The molecule has 57 heavy (non-hydrogen) atoms. The summed E-state index contributed by atoms with van der Waals surface area (Å²) >= 11 is 0. The second-order valence-corrected chi connectivity index (χ2v) is 15.1. The molecule has 0 saturated heterocycles. The molecule has 0 saturated carbocycles. The number of benzene rings is 10. The van der Waals surface area contributed by atoms with E-state index in [9.17, 15) is 0 Å². The summed E-state index contributed by atoms with van der Waals surface area (Å²) in [5.41, 5.74) is 12.2. The molecule has 0 fully saturated rings. The van der Waals surface area contributed by atoms with Crippen molar-refractivity contribution >= 4 is 98.1 Å². The number of furan rings is 3. The van der Waals surface area contributed by atoms with E-state index in [4.69, 9.17) is 13.3 Å². The molecule has 0 amide bonds. The molecule has 13 aromatic rings. The van der Waals surface area contributed by atoms with Crippen molar-refractivity contribution in [1.82, 2.24) is 0 Å². The van der Waals surface area contributed by atoms with E-state index >= 15 is 0 Å². The molecular formula is C54H30O3. The van der Waals surface area contributed by atoms with Gasteiger partial charge in [0, 0.05) is 43.3 Å². The first-order valence-corrected chi connectivity index (χ1v) is 19.4. The lowest BCUT2D eigenvalue weighted by atomic mass is 9.86. The largest absolute Gasteiger partial charge is 0.456 e. The van der Waals surface area contributed by atoms with E-state index < -0.39 is 0 Å². The lowest BCUT2D eigenvalue weighted by molar-refractivity contribution is 0.665. The second kappa shape index (κ2) is 11.5. The van der Waals surface area contributed by atoms with Gasteiger partial charge in [-0.15, -0.1) is 0 Å². The van der Waals surface area contributed by atoms with Crippen molar-refractivity contribution in [3.8, 4) is 33.4 Å². The van der Waals surface area contributed by atoms with Crippen LogP contribution >= 0.6 is 0 Å². The quantitative estimate of drug-likeness (QED) is 0.170. The van der Waals surface area contributed by atoms with Crippen molar-refractivity contribution in [3.63, 3.8) is 0 Å². The van der Waals surface area contributed by atoms with Crippen LogP contribution in [0.4, 0.5) is 0 Å². The zero-order valence-electron chi connectivity index (χ0n) is 30.5. The van der Waals surface area contributed by atoms with Gasteiger partial charge in [0.25, 0.3) is 0 Å². The van der Waals surface area contributed by atoms with Gasteiger partial charge in [-0.05, 0) is 91.1 Å². The van der Waals surface area contributed by atoms with Crippen LogP contribution in [0.1, 0.15) is 0 Å². The van der Waals surface area contributed by atoms with Crippen LogP contribution in [0.2, 0.25) is 0 Å². The van der Waals surface area contributed by atoms with Crippen LogP contribution < -0.4 is 0 Å². The lowest BCUT2D eigenvalue weighted by Crippen LogP contribution is -1.90. The fraction of sp³-hybridized carbons (Fsp3) is 0. The molecule has 0 spiro atoms. The molecule has 3 nitrogen and oxygen atoms in total. The Morgan fingerprint density at radius 1 is 0.228 bits per heavy atom. The number of hydrogen-bond donors (Lipinski definition) is 0. The van der Waals surface area contributed by atoms with Gasteiger partial charge >= 0.3 is 0 Å². The van der Waals surface area contributed by atoms with Crippen LogP contribution in [-0.2, 0) is 0 Å². The number of para-hydroxylation sites is 2. The van der Waals surface area contributed by atoms with Gasteiger partial charge in [-0.3, -0.25) is 0 Å². The summed E-state index contributed by atoms with van der Waals surface area (Å²) in [7, 11) is 0. The Morgan fingerprint density at radius 3 is 1.47 bits per heavy atom. The standard InChI is InChI=1S/C54H30O3/c1-2-13-31(14-3-1)51-35-17-5-7-19-37(35)52(38-20-8-6-18-36(38)51)32-25-26-48-43(27-32)41-23-12-22-40(53(41)56-48)42-28-46-45-30-49-44(34-16-10-11-24-47(34)55-49)29-50(45)57-54(46)39-21-9-4-15-33(39)42/h1-30H. The summed E-state index contributed by atoms with van der Waals surface area (Å²) in [6.45, 7) is 0. The van der Waals surface area contributed by atoms with E-state index in [0.29, 0.717) is 0 Å². The first kappa shape index (κ1) is 30.7. The third kappa shape index (κ3) is 4.31. The molecular weight excluding hydrogens is 697 g/mol. The van der Waals surface area contributed by atoms with Gasteiger partial charge in [0.2, 0.25) is 0 Å². The third-order valence-corrected chi connectivity index (χ3v) is 12.0. The third-order valence-electron chi connectivity index (χ3n) is 12.0. The Labute approximate surface area is 325 Å². The Morgan fingerprint density at radius 2 is 0.737 bits per heavy atom. The van der Waals surface area contributed by atoms with Crippen molar-refractivity contribution in [3.05, 3.63) is 182 Å². The van der Waals surface area contributed by atoms with Crippen LogP contribution in [0.3, 0.4) is 0 Å². The molecule has 0 bridgehead atoms. The van der Waals surface area contributed by atoms with Gasteiger partial charge in [0.1, 0.15) is 33.5 Å². The number of rotatable bonds is 3. The van der Waals surface area contributed by atoms with Crippen LogP contribution in [-0.4, -0.2) is 0 Å². The van der Waals surface area contributed by atoms with E-state index in [1.807, 2.05) is 18.2 Å². The van der Waals surface area contributed by atoms with E-state index in [1.165, 1.54) is 38.2 Å². The van der Waals surface area contributed by atoms with Crippen LogP contribution in [0.25, 0.3) is 132 Å². The highest BCUT2D eigenvalue weighted by atomic mass is 16.3. The summed E-state index contributed by atoms with van der Waals surface area (Å²) in [4.78, 5) is 0. The van der Waals surface area contributed by atoms with E-state index in [2.05, 4.69) is 164 Å². The highest BCUT2D eigenvalue weighted by molar-refractivity contribution is 6.25. The Kier molecular flexibility index (Phi) is 6.16. The zero-order chi connectivity index (χ0) is 37.2. The highest BCUT2D eigenvalue weighted by Gasteiger charge is 2.22. The molecule has 0 aliphatic heterocycles. The Hall–Kier alpha value is -7.62. The zero-order valence-corrected chi connectivity index (χ0v) is 30.5. The molecule has 13 rings (SSSR count). The molecule has 0 radical (unpaired) electrons. The fourth-order valence-electron chi connectivity index (χ4n) is 9.56. The van der Waals surface area contributed by atoms with Crippen molar-refractivity contribution < 1.29 is 13.3 Å². The fourth-order valence-corrected chi connectivity index (χ4v) is 9.56. The van der Waals surface area contributed by atoms with E-state index in [-0.39, 0.29) is 0 Å². The second-order valence-electron chi connectivity index (χ2n) is 15.1. The summed E-state index contributed by atoms with van der Waals surface area (Å²) in [6.07, 6.45) is 0. The maximum atomic E-state index is 6.86. The molecule has 0 N–H and O–H groups in total. The minimum Gasteiger partial charge on any atom is -0.456 e. The van der Waals surface area contributed by atoms with Crippen molar-refractivity contribution in [2.24, 2.45) is 0 Å². The van der Waals surface area contributed by atoms with Gasteiger partial charge in [0.05, 0.1) is 0 Å². The van der Waals surface area contributed by atoms with Crippen molar-refractivity contribution in [1.29, 1.82) is 0 Å². The SMILES string of the molecule is c1ccc(-c2c3ccccc3c(-c3ccc4oc5c(-c6cc7c8cc9oc%10ccccc%10c9cc8oc7c7ccccc67)cccc5c4c3)c3ccccc23)cc1. The molecule has 3 heteroatoms. The summed E-state index contributed by atoms with van der Waals surface area (Å²) < 4.78 is 19.9. The molecule has 3 heterocycles. The predicted molar refractivity (Wildman–Crippen MR) is 237 cm³/mol. The Bertz CT molecular complexity index is 3750. The Balaban J connectivity index is 1.05. The van der Waals surface area contributed by atoms with Gasteiger partial charge in [-0.2, -0.15) is 0 Å². The molecule has 0 unspecified atom stereocenters. The predicted octanol–water partition coefficient (Wildman–Crippen LogP) is 15.8. The van der Waals surface area contributed by atoms with Gasteiger partial charge < -0.3 is 13.3 Å². The minimum absolute atomic E-state index is 0.845. The van der Waals surface area contributed by atoms with E-state index in [0.717, 1.165) is 93.3 Å². The van der Waals surface area contributed by atoms with Crippen LogP contribution in [0.15, 0.2) is 195 Å². The topological polar surface area (TPSA) is 39.4 Å². The number of fused-ring (bicyclic) bond motifs is 13. The number of hydrogen-bond acceptors (Lipinski definition) is 3. The van der Waals surface area contributed by atoms with Gasteiger partial charge in [0.15, 0.2) is 0 Å². The molecule has 3 aromatic heterocycles. The van der Waals surface area contributed by atoms with Gasteiger partial charge in [-0.25, -0.2) is 0 Å². The first-order valence-electron chi connectivity index (χ1n) is 19.4. The maximum absolute atomic E-state index is 6.86. The van der Waals surface area contributed by atoms with Crippen molar-refractivity contribution in [2.45, 2.75) is 0 Å². The lowest BCUT2D eigenvalue weighted by Gasteiger charge is -2.17. The minimum atomic E-state index is 0.845. The molecule has 0 atom stereocenters. The summed E-state index contributed by atoms with van der Waals surface area (Å²) in [5.74, 6) is 0. The molecule has 0 aliphatic rings. The molecule has 10 aromatic carbocycles. The smallest absolute Gasteiger partial charge is 0.143 e. The normalized spacial score (nSPS) is 12.2. The average Bonchev–Trinajstić information content (AvgIpc) is 3.95. The molecule has 0 aliphatic carbocycles. The van der Waals surface area contributed by atoms with E-state index in [1.54, 1.807) is 0 Å². The maximum Gasteiger partial charge on any atom is 0.143 e. The van der Waals surface area contributed by atoms with Crippen LogP contribution in [0, 0.1) is 0 Å². The molecule has 264 valence electrons. The summed E-state index contributed by atoms with van der Waals surface area (Å²) in [6, 6.07) is 64.9. The first-order chi connectivity index (χ1) is 28.3. The monoisotopic (exact) mass is 726 g/mol. The summed E-state index contributed by atoms with van der Waals surface area (Å²) in [5, 5.41) is 13.5. The van der Waals surface area contributed by atoms with Gasteiger partial charge in [-0.1, -0.05) is 146 Å². The average molecular weight is 727 g/mol. The van der Waals surface area contributed by atoms with Crippen molar-refractivity contribution in [2.75, 3.05) is 0 Å². The highest BCUT2D eigenvalue weighted by Crippen LogP contribution is 2.47. The van der Waals surface area contributed by atoms with Crippen LogP contribution in [0.5, 0.6) is 0 Å².